The number of thiocarbonyl (C=S) groups is 1. The van der Waals surface area contributed by atoms with Gasteiger partial charge in [-0.25, -0.2) is 9.18 Å². The maximum absolute atomic E-state index is 15.0. The van der Waals surface area contributed by atoms with Gasteiger partial charge in [-0.1, -0.05) is 33.0 Å². The van der Waals surface area contributed by atoms with Crippen LogP contribution in [0, 0.1) is 11.2 Å². The Morgan fingerprint density at radius 1 is 1.23 bits per heavy atom. The Bertz CT molecular complexity index is 975. The third kappa shape index (κ3) is 7.51. The van der Waals surface area contributed by atoms with Crippen LogP contribution in [0.4, 0.5) is 20.6 Å². The number of ether oxygens (including phenoxy) is 2. The molecule has 0 aromatic heterocycles. The zero-order valence-corrected chi connectivity index (χ0v) is 21.5. The largest absolute Gasteiger partial charge is 0.456 e. The van der Waals surface area contributed by atoms with Gasteiger partial charge in [0.25, 0.3) is 5.91 Å². The minimum Gasteiger partial charge on any atom is -0.456 e. The van der Waals surface area contributed by atoms with Crippen LogP contribution in [0.25, 0.3) is 0 Å². The van der Waals surface area contributed by atoms with Gasteiger partial charge in [-0.05, 0) is 23.6 Å². The minimum absolute atomic E-state index is 0.0633. The standard InChI is InChI=1S/C24H33FN4O5S/c1-16(30)33-15-22(31)28-9-7-27(8-10-28)20-6-5-17(11-19(20)25)29-14-18(34-23(29)32)13-26-21(35)12-24(2,3)4/h5-6,11,18H,7-10,12-15H2,1-4H3,(H,26,35). The summed E-state index contributed by atoms with van der Waals surface area (Å²) in [5.41, 5.74) is 0.888. The van der Waals surface area contributed by atoms with Crippen molar-refractivity contribution < 1.29 is 28.2 Å². The quantitative estimate of drug-likeness (QED) is 0.444. The Kier molecular flexibility index (Phi) is 8.52. The van der Waals surface area contributed by atoms with Crippen LogP contribution in [0.15, 0.2) is 18.2 Å². The van der Waals surface area contributed by atoms with E-state index >= 15 is 4.39 Å². The van der Waals surface area contributed by atoms with Crippen LogP contribution in [0.2, 0.25) is 0 Å². The van der Waals surface area contributed by atoms with Crippen molar-refractivity contribution in [1.29, 1.82) is 0 Å². The molecular weight excluding hydrogens is 475 g/mol. The number of benzene rings is 1. The van der Waals surface area contributed by atoms with Crippen molar-refractivity contribution in [3.63, 3.8) is 0 Å². The highest BCUT2D eigenvalue weighted by Crippen LogP contribution is 2.28. The van der Waals surface area contributed by atoms with Gasteiger partial charge in [-0.3, -0.25) is 14.5 Å². The predicted molar refractivity (Wildman–Crippen MR) is 134 cm³/mol. The third-order valence-corrected chi connectivity index (χ3v) is 6.00. The van der Waals surface area contributed by atoms with Gasteiger partial charge in [0, 0.05) is 39.5 Å². The molecule has 1 aromatic carbocycles. The van der Waals surface area contributed by atoms with Crippen molar-refractivity contribution in [1.82, 2.24) is 10.2 Å². The number of hydrogen-bond donors (Lipinski definition) is 1. The van der Waals surface area contributed by atoms with E-state index in [1.807, 2.05) is 4.90 Å². The maximum Gasteiger partial charge on any atom is 0.414 e. The van der Waals surface area contributed by atoms with Crippen LogP contribution in [0.3, 0.4) is 0 Å². The lowest BCUT2D eigenvalue weighted by Gasteiger charge is -2.36. The number of esters is 1. The van der Waals surface area contributed by atoms with Crippen LogP contribution in [0.1, 0.15) is 34.1 Å². The number of piperazine rings is 1. The summed E-state index contributed by atoms with van der Waals surface area (Å²) in [7, 11) is 0. The fraction of sp³-hybridized carbons (Fsp3) is 0.583. The summed E-state index contributed by atoms with van der Waals surface area (Å²) >= 11 is 5.37. The Labute approximate surface area is 210 Å². The first-order chi connectivity index (χ1) is 16.4. The number of carbonyl (C=O) groups is 3. The molecule has 1 aromatic rings. The molecule has 1 atom stereocenters. The molecule has 2 aliphatic heterocycles. The Balaban J connectivity index is 1.54. The number of nitrogens with one attached hydrogen (secondary N) is 1. The number of rotatable bonds is 7. The number of amides is 2. The summed E-state index contributed by atoms with van der Waals surface area (Å²) in [6.07, 6.45) is -0.181. The normalized spacial score (nSPS) is 18.4. The summed E-state index contributed by atoms with van der Waals surface area (Å²) in [5.74, 6) is -1.23. The van der Waals surface area contributed by atoms with Crippen molar-refractivity contribution in [3.05, 3.63) is 24.0 Å². The van der Waals surface area contributed by atoms with Crippen molar-refractivity contribution in [2.45, 2.75) is 40.2 Å². The second-order valence-electron chi connectivity index (χ2n) is 9.94. The summed E-state index contributed by atoms with van der Waals surface area (Å²) < 4.78 is 25.2. The van der Waals surface area contributed by atoms with E-state index in [0.717, 1.165) is 11.4 Å². The zero-order chi connectivity index (χ0) is 25.8. The molecule has 192 valence electrons. The fourth-order valence-corrected chi connectivity index (χ4v) is 4.50. The first-order valence-electron chi connectivity index (χ1n) is 11.6. The molecule has 2 aliphatic rings. The first-order valence-corrected chi connectivity index (χ1v) is 12.0. The van der Waals surface area contributed by atoms with E-state index in [0.29, 0.717) is 50.6 Å². The van der Waals surface area contributed by atoms with Crippen LogP contribution < -0.4 is 15.1 Å². The van der Waals surface area contributed by atoms with Crippen LogP contribution in [0.5, 0.6) is 0 Å². The number of carbonyl (C=O) groups excluding carboxylic acids is 3. The lowest BCUT2D eigenvalue weighted by atomic mass is 9.92. The van der Waals surface area contributed by atoms with E-state index < -0.39 is 17.9 Å². The van der Waals surface area contributed by atoms with Gasteiger partial charge in [0.15, 0.2) is 6.61 Å². The van der Waals surface area contributed by atoms with E-state index in [-0.39, 0.29) is 24.0 Å². The van der Waals surface area contributed by atoms with Gasteiger partial charge in [0.05, 0.1) is 29.5 Å². The monoisotopic (exact) mass is 508 g/mol. The number of anilines is 2. The maximum atomic E-state index is 15.0. The molecule has 9 nitrogen and oxygen atoms in total. The highest BCUT2D eigenvalue weighted by Gasteiger charge is 2.33. The molecule has 0 aliphatic carbocycles. The summed E-state index contributed by atoms with van der Waals surface area (Å²) in [4.78, 5) is 41.0. The molecule has 1 unspecified atom stereocenters. The van der Waals surface area contributed by atoms with Gasteiger partial charge < -0.3 is 24.6 Å². The van der Waals surface area contributed by atoms with E-state index in [1.54, 1.807) is 17.0 Å². The number of nitrogens with zero attached hydrogens (tertiary/aromatic N) is 3. The van der Waals surface area contributed by atoms with Crippen LogP contribution >= 0.6 is 12.2 Å². The molecule has 2 amide bonds. The molecule has 2 saturated heterocycles. The van der Waals surface area contributed by atoms with E-state index in [9.17, 15) is 14.4 Å². The predicted octanol–water partition coefficient (Wildman–Crippen LogP) is 2.72. The average molecular weight is 509 g/mol. The second kappa shape index (κ2) is 11.2. The number of halogens is 1. The van der Waals surface area contributed by atoms with Crippen molar-refractivity contribution in [2.75, 3.05) is 55.7 Å². The molecule has 0 spiro atoms. The molecule has 11 heteroatoms. The fourth-order valence-electron chi connectivity index (χ4n) is 3.98. The highest BCUT2D eigenvalue weighted by atomic mass is 32.1. The van der Waals surface area contributed by atoms with Gasteiger partial charge in [0.2, 0.25) is 0 Å². The first kappa shape index (κ1) is 26.7. The van der Waals surface area contributed by atoms with Crippen molar-refractivity contribution >= 4 is 46.6 Å². The molecule has 0 bridgehead atoms. The molecule has 1 N–H and O–H groups in total. The smallest absolute Gasteiger partial charge is 0.414 e. The summed E-state index contributed by atoms with van der Waals surface area (Å²) in [6, 6.07) is 4.66. The molecule has 2 fully saturated rings. The number of cyclic esters (lactones) is 1. The van der Waals surface area contributed by atoms with Gasteiger partial charge in [-0.15, -0.1) is 0 Å². The minimum atomic E-state index is -0.523. The van der Waals surface area contributed by atoms with Crippen molar-refractivity contribution in [2.24, 2.45) is 5.41 Å². The van der Waals surface area contributed by atoms with Crippen LogP contribution in [-0.4, -0.2) is 79.8 Å². The molecule has 0 radical (unpaired) electrons. The third-order valence-electron chi connectivity index (χ3n) is 5.71. The average Bonchev–Trinajstić information content (AvgIpc) is 3.15. The van der Waals surface area contributed by atoms with Gasteiger partial charge in [0.1, 0.15) is 11.9 Å². The topological polar surface area (TPSA) is 91.4 Å². The Hall–Kier alpha value is -2.95. The van der Waals surface area contributed by atoms with E-state index in [2.05, 4.69) is 26.1 Å². The molecule has 2 heterocycles. The molecule has 35 heavy (non-hydrogen) atoms. The summed E-state index contributed by atoms with van der Waals surface area (Å²) in [6.45, 7) is 9.63. The molecule has 0 saturated carbocycles. The Morgan fingerprint density at radius 3 is 2.51 bits per heavy atom. The van der Waals surface area contributed by atoms with Gasteiger partial charge in [-0.2, -0.15) is 0 Å². The lowest BCUT2D eigenvalue weighted by Crippen LogP contribution is -2.50. The summed E-state index contributed by atoms with van der Waals surface area (Å²) in [5, 5.41) is 3.16. The van der Waals surface area contributed by atoms with E-state index in [4.69, 9.17) is 21.7 Å². The Morgan fingerprint density at radius 2 is 1.91 bits per heavy atom. The molecular formula is C24H33FN4O5S. The highest BCUT2D eigenvalue weighted by molar-refractivity contribution is 7.80. The zero-order valence-electron chi connectivity index (χ0n) is 20.6. The number of hydrogen-bond acceptors (Lipinski definition) is 7. The van der Waals surface area contributed by atoms with Gasteiger partial charge >= 0.3 is 12.1 Å². The molecule has 3 rings (SSSR count). The van der Waals surface area contributed by atoms with E-state index in [1.165, 1.54) is 17.9 Å². The SMILES string of the molecule is CC(=O)OCC(=O)N1CCN(c2ccc(N3CC(CNC(=S)CC(C)(C)C)OC3=O)cc2F)CC1. The lowest BCUT2D eigenvalue weighted by molar-refractivity contribution is -0.150. The second-order valence-corrected chi connectivity index (χ2v) is 10.4. The van der Waals surface area contributed by atoms with Crippen LogP contribution in [-0.2, 0) is 19.1 Å². The van der Waals surface area contributed by atoms with Crippen molar-refractivity contribution in [3.8, 4) is 0 Å².